The maximum atomic E-state index is 5.45. The summed E-state index contributed by atoms with van der Waals surface area (Å²) in [6.45, 7) is 2.59. The van der Waals surface area contributed by atoms with Gasteiger partial charge in [-0.05, 0) is 38.1 Å². The highest BCUT2D eigenvalue weighted by Crippen LogP contribution is 2.13. The number of para-hydroxylation sites is 2. The van der Waals surface area contributed by atoms with E-state index in [1.165, 1.54) is 5.52 Å². The first-order valence-corrected chi connectivity index (χ1v) is 6.14. The molecule has 0 saturated carbocycles. The van der Waals surface area contributed by atoms with Gasteiger partial charge in [-0.25, -0.2) is 4.98 Å². The van der Waals surface area contributed by atoms with Crippen molar-refractivity contribution in [3.05, 3.63) is 30.1 Å². The van der Waals surface area contributed by atoms with Crippen LogP contribution in [0, 0.1) is 0 Å². The van der Waals surface area contributed by atoms with Crippen LogP contribution in [0.25, 0.3) is 11.0 Å². The first kappa shape index (κ1) is 12.1. The van der Waals surface area contributed by atoms with Crippen LogP contribution in [0.2, 0.25) is 0 Å². The standard InChI is InChI=1S/C13H20N4/c1-17-12-7-3-2-6-11(12)16-13(17)10-15-9-5-4-8-14/h2-3,6-7,15H,4-5,8-10,14H2,1H3. The number of aryl methyl sites for hydroxylation is 1. The van der Waals surface area contributed by atoms with Crippen LogP contribution < -0.4 is 11.1 Å². The number of benzene rings is 1. The minimum absolute atomic E-state index is 0.772. The summed E-state index contributed by atoms with van der Waals surface area (Å²) in [5.74, 6) is 1.08. The zero-order chi connectivity index (χ0) is 12.1. The maximum absolute atomic E-state index is 5.45. The highest BCUT2D eigenvalue weighted by atomic mass is 15.1. The molecule has 0 aliphatic heterocycles. The Balaban J connectivity index is 1.97. The Morgan fingerprint density at radius 2 is 2.12 bits per heavy atom. The van der Waals surface area contributed by atoms with Crippen LogP contribution in [0.4, 0.5) is 0 Å². The van der Waals surface area contributed by atoms with Gasteiger partial charge in [0.05, 0.1) is 17.6 Å². The molecule has 1 aromatic heterocycles. The van der Waals surface area contributed by atoms with E-state index in [0.29, 0.717) is 0 Å². The number of hydrogen-bond donors (Lipinski definition) is 2. The second-order valence-corrected chi connectivity index (χ2v) is 4.25. The van der Waals surface area contributed by atoms with Gasteiger partial charge < -0.3 is 15.6 Å². The van der Waals surface area contributed by atoms with Gasteiger partial charge in [0.2, 0.25) is 0 Å². The molecule has 17 heavy (non-hydrogen) atoms. The molecule has 0 amide bonds. The van der Waals surface area contributed by atoms with Gasteiger partial charge in [-0.1, -0.05) is 12.1 Å². The number of aromatic nitrogens is 2. The van der Waals surface area contributed by atoms with Gasteiger partial charge in [-0.2, -0.15) is 0 Å². The number of nitrogens with one attached hydrogen (secondary N) is 1. The molecule has 4 nitrogen and oxygen atoms in total. The van der Waals surface area contributed by atoms with E-state index in [2.05, 4.69) is 28.0 Å². The number of nitrogens with two attached hydrogens (primary N) is 1. The van der Waals surface area contributed by atoms with Crippen LogP contribution >= 0.6 is 0 Å². The first-order chi connectivity index (χ1) is 8.33. The van der Waals surface area contributed by atoms with Gasteiger partial charge in [-0.15, -0.1) is 0 Å². The molecule has 4 heteroatoms. The fourth-order valence-electron chi connectivity index (χ4n) is 1.95. The molecule has 0 unspecified atom stereocenters. The number of nitrogens with zero attached hydrogens (tertiary/aromatic N) is 2. The van der Waals surface area contributed by atoms with Gasteiger partial charge in [-0.3, -0.25) is 0 Å². The summed E-state index contributed by atoms with van der Waals surface area (Å²) in [6.07, 6.45) is 2.20. The Labute approximate surface area is 102 Å². The minimum Gasteiger partial charge on any atom is -0.330 e. The topological polar surface area (TPSA) is 55.9 Å². The summed E-state index contributed by atoms with van der Waals surface area (Å²) in [5.41, 5.74) is 7.70. The SMILES string of the molecule is Cn1c(CNCCCCN)nc2ccccc21. The molecule has 0 aliphatic carbocycles. The van der Waals surface area contributed by atoms with Crippen LogP contribution in [-0.2, 0) is 13.6 Å². The van der Waals surface area contributed by atoms with Crippen LogP contribution in [0.3, 0.4) is 0 Å². The molecule has 0 atom stereocenters. The average Bonchev–Trinajstić information content (AvgIpc) is 2.67. The predicted molar refractivity (Wildman–Crippen MR) is 70.7 cm³/mol. The highest BCUT2D eigenvalue weighted by Gasteiger charge is 2.05. The van der Waals surface area contributed by atoms with Gasteiger partial charge in [0.1, 0.15) is 5.82 Å². The molecule has 0 radical (unpaired) electrons. The Hall–Kier alpha value is -1.39. The van der Waals surface area contributed by atoms with Gasteiger partial charge in [0.25, 0.3) is 0 Å². The van der Waals surface area contributed by atoms with E-state index in [0.717, 1.165) is 43.8 Å². The van der Waals surface area contributed by atoms with Crippen molar-refractivity contribution >= 4 is 11.0 Å². The maximum Gasteiger partial charge on any atom is 0.123 e. The van der Waals surface area contributed by atoms with Crippen molar-refractivity contribution in [3.8, 4) is 0 Å². The molecule has 0 aliphatic rings. The zero-order valence-electron chi connectivity index (χ0n) is 10.3. The molecule has 0 fully saturated rings. The third-order valence-electron chi connectivity index (χ3n) is 2.97. The lowest BCUT2D eigenvalue weighted by atomic mass is 10.3. The van der Waals surface area contributed by atoms with Crippen molar-refractivity contribution in [2.75, 3.05) is 13.1 Å². The van der Waals surface area contributed by atoms with Crippen molar-refractivity contribution in [1.29, 1.82) is 0 Å². The van der Waals surface area contributed by atoms with E-state index < -0.39 is 0 Å². The third kappa shape index (κ3) is 2.84. The summed E-state index contributed by atoms with van der Waals surface area (Å²) in [4.78, 5) is 4.61. The molecule has 1 aromatic carbocycles. The smallest absolute Gasteiger partial charge is 0.123 e. The fraction of sp³-hybridized carbons (Fsp3) is 0.462. The largest absolute Gasteiger partial charge is 0.330 e. The van der Waals surface area contributed by atoms with Crippen molar-refractivity contribution in [2.45, 2.75) is 19.4 Å². The molecule has 2 aromatic rings. The number of unbranched alkanes of at least 4 members (excludes halogenated alkanes) is 1. The van der Waals surface area contributed by atoms with Crippen LogP contribution in [-0.4, -0.2) is 22.6 Å². The molecular formula is C13H20N4. The Bertz CT molecular complexity index is 475. The van der Waals surface area contributed by atoms with Crippen LogP contribution in [0.5, 0.6) is 0 Å². The Morgan fingerprint density at radius 3 is 2.88 bits per heavy atom. The minimum atomic E-state index is 0.772. The first-order valence-electron chi connectivity index (χ1n) is 6.14. The van der Waals surface area contributed by atoms with E-state index in [4.69, 9.17) is 5.73 Å². The Kier molecular flexibility index (Phi) is 4.12. The third-order valence-corrected chi connectivity index (χ3v) is 2.97. The average molecular weight is 232 g/mol. The van der Waals surface area contributed by atoms with E-state index in [1.807, 2.05) is 18.2 Å². The number of hydrogen-bond acceptors (Lipinski definition) is 3. The van der Waals surface area contributed by atoms with E-state index in [1.54, 1.807) is 0 Å². The molecule has 0 spiro atoms. The summed E-state index contributed by atoms with van der Waals surface area (Å²) < 4.78 is 2.14. The lowest BCUT2D eigenvalue weighted by Crippen LogP contribution is -2.18. The van der Waals surface area contributed by atoms with Crippen LogP contribution in [0.15, 0.2) is 24.3 Å². The molecule has 0 saturated heterocycles. The molecular weight excluding hydrogens is 212 g/mol. The van der Waals surface area contributed by atoms with E-state index in [-0.39, 0.29) is 0 Å². The zero-order valence-corrected chi connectivity index (χ0v) is 10.3. The van der Waals surface area contributed by atoms with Crippen molar-refractivity contribution in [1.82, 2.24) is 14.9 Å². The fourth-order valence-corrected chi connectivity index (χ4v) is 1.95. The monoisotopic (exact) mass is 232 g/mol. The summed E-state index contributed by atoms with van der Waals surface area (Å²) >= 11 is 0. The number of rotatable bonds is 6. The van der Waals surface area contributed by atoms with Crippen molar-refractivity contribution in [2.24, 2.45) is 12.8 Å². The summed E-state index contributed by atoms with van der Waals surface area (Å²) in [6, 6.07) is 8.21. The number of imidazole rings is 1. The van der Waals surface area contributed by atoms with Gasteiger partial charge in [0.15, 0.2) is 0 Å². The van der Waals surface area contributed by atoms with E-state index >= 15 is 0 Å². The van der Waals surface area contributed by atoms with Crippen LogP contribution in [0.1, 0.15) is 18.7 Å². The van der Waals surface area contributed by atoms with Gasteiger partial charge >= 0.3 is 0 Å². The molecule has 1 heterocycles. The normalized spacial score (nSPS) is 11.2. The molecule has 2 rings (SSSR count). The lowest BCUT2D eigenvalue weighted by molar-refractivity contribution is 0.602. The predicted octanol–water partition coefficient (Wildman–Crippen LogP) is 1.40. The van der Waals surface area contributed by atoms with Gasteiger partial charge in [0, 0.05) is 7.05 Å². The Morgan fingerprint density at radius 1 is 1.29 bits per heavy atom. The van der Waals surface area contributed by atoms with Crippen molar-refractivity contribution < 1.29 is 0 Å². The highest BCUT2D eigenvalue weighted by molar-refractivity contribution is 5.75. The summed E-state index contributed by atoms with van der Waals surface area (Å²) in [5, 5.41) is 3.40. The molecule has 0 bridgehead atoms. The molecule has 3 N–H and O–H groups in total. The second kappa shape index (κ2) is 5.80. The van der Waals surface area contributed by atoms with E-state index in [9.17, 15) is 0 Å². The number of fused-ring (bicyclic) bond motifs is 1. The quantitative estimate of drug-likeness (QED) is 0.740. The second-order valence-electron chi connectivity index (χ2n) is 4.25. The summed E-state index contributed by atoms with van der Waals surface area (Å²) in [7, 11) is 2.06. The molecule has 92 valence electrons. The lowest BCUT2D eigenvalue weighted by Gasteiger charge is -2.04. The van der Waals surface area contributed by atoms with Crippen molar-refractivity contribution in [3.63, 3.8) is 0 Å².